The second-order valence-electron chi connectivity index (χ2n) is 6.51. The maximum absolute atomic E-state index is 13.5. The lowest BCUT2D eigenvalue weighted by Crippen LogP contribution is -2.40. The van der Waals surface area contributed by atoms with E-state index < -0.39 is 5.82 Å². The second kappa shape index (κ2) is 7.15. The van der Waals surface area contributed by atoms with E-state index in [1.807, 2.05) is 24.3 Å². The average molecular weight is 353 g/mol. The highest BCUT2D eigenvalue weighted by atomic mass is 19.1. The zero-order chi connectivity index (χ0) is 17.9. The van der Waals surface area contributed by atoms with Gasteiger partial charge in [0, 0.05) is 19.0 Å². The van der Waals surface area contributed by atoms with Gasteiger partial charge in [-0.3, -0.25) is 4.79 Å². The van der Waals surface area contributed by atoms with Gasteiger partial charge in [-0.2, -0.15) is 0 Å². The molecule has 1 aliphatic heterocycles. The number of nitrogens with zero attached hydrogens (tertiary/aromatic N) is 2. The van der Waals surface area contributed by atoms with Gasteiger partial charge in [-0.05, 0) is 37.1 Å². The number of ether oxygens (including phenoxy) is 1. The molecule has 6 heteroatoms. The summed E-state index contributed by atoms with van der Waals surface area (Å²) in [4.78, 5) is 22.1. The zero-order valence-corrected chi connectivity index (χ0v) is 14.3. The Balaban J connectivity index is 1.33. The molecule has 1 saturated heterocycles. The van der Waals surface area contributed by atoms with Crippen molar-refractivity contribution in [3.8, 4) is 5.75 Å². The van der Waals surface area contributed by atoms with Gasteiger partial charge in [0.25, 0.3) is 5.91 Å². The number of hydrogen-bond donors (Lipinski definition) is 1. The monoisotopic (exact) mass is 353 g/mol. The lowest BCUT2D eigenvalue weighted by molar-refractivity contribution is -0.134. The molecule has 0 unspecified atom stereocenters. The number of halogens is 1. The molecule has 1 fully saturated rings. The van der Waals surface area contributed by atoms with Crippen LogP contribution in [0.1, 0.15) is 24.6 Å². The van der Waals surface area contributed by atoms with Crippen molar-refractivity contribution in [2.24, 2.45) is 0 Å². The summed E-state index contributed by atoms with van der Waals surface area (Å²) in [6, 6.07) is 14.1. The molecule has 0 bridgehead atoms. The highest BCUT2D eigenvalue weighted by molar-refractivity contribution is 5.78. The predicted molar refractivity (Wildman–Crippen MR) is 96.5 cm³/mol. The SMILES string of the molecule is O=C(COc1ccccc1F)N1CCC(c2nc3ccccc3[nH]2)CC1. The number of hydrogen-bond acceptors (Lipinski definition) is 3. The molecule has 26 heavy (non-hydrogen) atoms. The minimum Gasteiger partial charge on any atom is -0.481 e. The number of aromatic amines is 1. The topological polar surface area (TPSA) is 58.2 Å². The van der Waals surface area contributed by atoms with Crippen LogP contribution in [0.2, 0.25) is 0 Å². The Kier molecular flexibility index (Phi) is 4.56. The van der Waals surface area contributed by atoms with Crippen molar-refractivity contribution < 1.29 is 13.9 Å². The minimum absolute atomic E-state index is 0.109. The van der Waals surface area contributed by atoms with Crippen LogP contribution in [-0.4, -0.2) is 40.5 Å². The number of nitrogens with one attached hydrogen (secondary N) is 1. The van der Waals surface area contributed by atoms with Crippen LogP contribution >= 0.6 is 0 Å². The van der Waals surface area contributed by atoms with Gasteiger partial charge in [0.15, 0.2) is 18.2 Å². The predicted octanol–water partition coefficient (Wildman–Crippen LogP) is 3.49. The van der Waals surface area contributed by atoms with Crippen molar-refractivity contribution in [1.82, 2.24) is 14.9 Å². The van der Waals surface area contributed by atoms with Crippen molar-refractivity contribution in [2.75, 3.05) is 19.7 Å². The van der Waals surface area contributed by atoms with E-state index in [0.29, 0.717) is 19.0 Å². The van der Waals surface area contributed by atoms with E-state index in [0.717, 1.165) is 29.7 Å². The van der Waals surface area contributed by atoms with Gasteiger partial charge in [-0.25, -0.2) is 9.37 Å². The second-order valence-corrected chi connectivity index (χ2v) is 6.51. The van der Waals surface area contributed by atoms with Gasteiger partial charge in [0.1, 0.15) is 5.82 Å². The molecule has 2 aromatic carbocycles. The third-order valence-corrected chi connectivity index (χ3v) is 4.83. The van der Waals surface area contributed by atoms with E-state index in [4.69, 9.17) is 4.74 Å². The minimum atomic E-state index is -0.455. The first kappa shape index (κ1) is 16.6. The molecule has 1 N–H and O–H groups in total. The number of fused-ring (bicyclic) bond motifs is 1. The van der Waals surface area contributed by atoms with Crippen LogP contribution in [0.5, 0.6) is 5.75 Å². The van der Waals surface area contributed by atoms with Gasteiger partial charge in [-0.15, -0.1) is 0 Å². The van der Waals surface area contributed by atoms with Crippen LogP contribution in [0.3, 0.4) is 0 Å². The molecule has 0 aliphatic carbocycles. The highest BCUT2D eigenvalue weighted by Gasteiger charge is 2.26. The van der Waals surface area contributed by atoms with Gasteiger partial charge in [-0.1, -0.05) is 24.3 Å². The first-order valence-corrected chi connectivity index (χ1v) is 8.80. The van der Waals surface area contributed by atoms with E-state index >= 15 is 0 Å². The van der Waals surface area contributed by atoms with Crippen LogP contribution in [0, 0.1) is 5.82 Å². The maximum atomic E-state index is 13.5. The molecular formula is C20H20FN3O2. The molecule has 1 amide bonds. The summed E-state index contributed by atoms with van der Waals surface area (Å²) in [5.74, 6) is 0.845. The van der Waals surface area contributed by atoms with Crippen molar-refractivity contribution >= 4 is 16.9 Å². The van der Waals surface area contributed by atoms with Crippen molar-refractivity contribution in [1.29, 1.82) is 0 Å². The Morgan fingerprint density at radius 3 is 2.65 bits per heavy atom. The lowest BCUT2D eigenvalue weighted by Gasteiger charge is -2.31. The van der Waals surface area contributed by atoms with Crippen LogP contribution in [0.4, 0.5) is 4.39 Å². The highest BCUT2D eigenvalue weighted by Crippen LogP contribution is 2.27. The summed E-state index contributed by atoms with van der Waals surface area (Å²) >= 11 is 0. The standard InChI is InChI=1S/C20H20FN3O2/c21-15-5-1-4-8-18(15)26-13-19(25)24-11-9-14(10-12-24)20-22-16-6-2-3-7-17(16)23-20/h1-8,14H,9-13H2,(H,22,23). The van der Waals surface area contributed by atoms with E-state index in [-0.39, 0.29) is 18.3 Å². The largest absolute Gasteiger partial charge is 0.481 e. The molecule has 3 aromatic rings. The van der Waals surface area contributed by atoms with Crippen molar-refractivity contribution in [3.63, 3.8) is 0 Å². The number of carbonyl (C=O) groups excluding carboxylic acids is 1. The fraction of sp³-hybridized carbons (Fsp3) is 0.300. The summed E-state index contributed by atoms with van der Waals surface area (Å²) in [6.45, 7) is 1.17. The molecular weight excluding hydrogens is 333 g/mol. The number of benzene rings is 2. The van der Waals surface area contributed by atoms with Gasteiger partial charge in [0.05, 0.1) is 11.0 Å². The number of likely N-dealkylation sites (tertiary alicyclic amines) is 1. The molecule has 0 radical (unpaired) electrons. The first-order valence-electron chi connectivity index (χ1n) is 8.80. The average Bonchev–Trinajstić information content (AvgIpc) is 3.11. The molecule has 4 rings (SSSR count). The Labute approximate surface area is 150 Å². The fourth-order valence-corrected chi connectivity index (χ4v) is 3.36. The third-order valence-electron chi connectivity index (χ3n) is 4.83. The van der Waals surface area contributed by atoms with Gasteiger partial charge >= 0.3 is 0 Å². The molecule has 0 saturated carbocycles. The summed E-state index contributed by atoms with van der Waals surface area (Å²) in [5, 5.41) is 0. The van der Waals surface area contributed by atoms with Crippen molar-refractivity contribution in [3.05, 3.63) is 60.2 Å². The normalized spacial score (nSPS) is 15.3. The van der Waals surface area contributed by atoms with E-state index in [1.165, 1.54) is 12.1 Å². The van der Waals surface area contributed by atoms with Crippen LogP contribution in [-0.2, 0) is 4.79 Å². The summed E-state index contributed by atoms with van der Waals surface area (Å²) in [7, 11) is 0. The fourth-order valence-electron chi connectivity index (χ4n) is 3.36. The molecule has 0 atom stereocenters. The van der Waals surface area contributed by atoms with Crippen molar-refractivity contribution in [2.45, 2.75) is 18.8 Å². The quantitative estimate of drug-likeness (QED) is 0.781. The first-order chi connectivity index (χ1) is 12.7. The Morgan fingerprint density at radius 1 is 1.15 bits per heavy atom. The Bertz CT molecular complexity index is 883. The smallest absolute Gasteiger partial charge is 0.260 e. The number of carbonyl (C=O) groups is 1. The van der Waals surface area contributed by atoms with Gasteiger partial charge in [0.2, 0.25) is 0 Å². The molecule has 2 heterocycles. The lowest BCUT2D eigenvalue weighted by atomic mass is 9.96. The third kappa shape index (κ3) is 3.40. The van der Waals surface area contributed by atoms with Crippen LogP contribution in [0.25, 0.3) is 11.0 Å². The van der Waals surface area contributed by atoms with Crippen LogP contribution in [0.15, 0.2) is 48.5 Å². The molecule has 1 aliphatic rings. The molecule has 0 spiro atoms. The number of aromatic nitrogens is 2. The maximum Gasteiger partial charge on any atom is 0.260 e. The number of amides is 1. The van der Waals surface area contributed by atoms with Crippen LogP contribution < -0.4 is 4.74 Å². The number of H-pyrrole nitrogens is 1. The van der Waals surface area contributed by atoms with Gasteiger partial charge < -0.3 is 14.6 Å². The Hall–Kier alpha value is -2.89. The summed E-state index contributed by atoms with van der Waals surface area (Å²) < 4.78 is 18.9. The van der Waals surface area contributed by atoms with E-state index in [1.54, 1.807) is 17.0 Å². The number of piperidine rings is 1. The molecule has 5 nitrogen and oxygen atoms in total. The summed E-state index contributed by atoms with van der Waals surface area (Å²) in [5.41, 5.74) is 2.01. The van der Waals surface area contributed by atoms with E-state index in [9.17, 15) is 9.18 Å². The number of para-hydroxylation sites is 3. The summed E-state index contributed by atoms with van der Waals surface area (Å²) in [6.07, 6.45) is 1.70. The van der Waals surface area contributed by atoms with E-state index in [2.05, 4.69) is 9.97 Å². The molecule has 134 valence electrons. The number of imidazole rings is 1. The Morgan fingerprint density at radius 2 is 1.88 bits per heavy atom. The zero-order valence-electron chi connectivity index (χ0n) is 14.3. The molecule has 1 aromatic heterocycles. The number of rotatable bonds is 4.